The fourth-order valence-corrected chi connectivity index (χ4v) is 2.00. The van der Waals surface area contributed by atoms with Crippen LogP contribution in [0.1, 0.15) is 22.8 Å². The zero-order valence-electron chi connectivity index (χ0n) is 11.1. The predicted molar refractivity (Wildman–Crippen MR) is 70.8 cm³/mol. The molecule has 7 nitrogen and oxygen atoms in total. The van der Waals surface area contributed by atoms with Crippen LogP contribution in [0, 0.1) is 11.3 Å². The summed E-state index contributed by atoms with van der Waals surface area (Å²) in [7, 11) is 0. The van der Waals surface area contributed by atoms with Crippen LogP contribution in [-0.2, 0) is 9.47 Å². The maximum Gasteiger partial charge on any atom is 0.341 e. The molecular formula is C13H15N3O4. The lowest BCUT2D eigenvalue weighted by Crippen LogP contribution is -2.39. The van der Waals surface area contributed by atoms with Crippen LogP contribution in [0.4, 0.5) is 5.82 Å². The minimum absolute atomic E-state index is 0.106. The highest BCUT2D eigenvalue weighted by atomic mass is 16.5. The van der Waals surface area contributed by atoms with Crippen LogP contribution in [0.25, 0.3) is 0 Å². The smallest absolute Gasteiger partial charge is 0.341 e. The highest BCUT2D eigenvalue weighted by Gasteiger charge is 2.22. The van der Waals surface area contributed by atoms with Gasteiger partial charge in [-0.3, -0.25) is 4.79 Å². The van der Waals surface area contributed by atoms with Gasteiger partial charge in [0.05, 0.1) is 19.8 Å². The summed E-state index contributed by atoms with van der Waals surface area (Å²) in [5, 5.41) is 8.90. The predicted octanol–water partition coefficient (Wildman–Crippen LogP) is 0.260. The van der Waals surface area contributed by atoms with Crippen molar-refractivity contribution in [2.24, 2.45) is 0 Å². The van der Waals surface area contributed by atoms with Crippen molar-refractivity contribution < 1.29 is 14.3 Å². The number of morpholine rings is 1. The Bertz CT molecular complexity index is 597. The number of rotatable bonds is 3. The molecule has 1 saturated heterocycles. The van der Waals surface area contributed by atoms with Gasteiger partial charge in [-0.1, -0.05) is 0 Å². The van der Waals surface area contributed by atoms with Crippen molar-refractivity contribution >= 4 is 11.8 Å². The molecule has 0 atom stereocenters. The number of pyridine rings is 1. The number of esters is 1. The summed E-state index contributed by atoms with van der Waals surface area (Å²) in [4.78, 5) is 28.2. The van der Waals surface area contributed by atoms with Gasteiger partial charge in [-0.2, -0.15) is 5.26 Å². The van der Waals surface area contributed by atoms with E-state index in [4.69, 9.17) is 14.7 Å². The quantitative estimate of drug-likeness (QED) is 0.796. The topological polar surface area (TPSA) is 95.4 Å². The molecule has 1 aliphatic heterocycles. The third kappa shape index (κ3) is 2.81. The van der Waals surface area contributed by atoms with Gasteiger partial charge in [0.15, 0.2) is 0 Å². The van der Waals surface area contributed by atoms with E-state index < -0.39 is 11.5 Å². The molecule has 1 aliphatic rings. The van der Waals surface area contributed by atoms with E-state index in [9.17, 15) is 9.59 Å². The molecule has 0 aromatic carbocycles. The fourth-order valence-electron chi connectivity index (χ4n) is 2.00. The van der Waals surface area contributed by atoms with Crippen LogP contribution in [0.15, 0.2) is 10.9 Å². The molecule has 2 heterocycles. The average Bonchev–Trinajstić information content (AvgIpc) is 2.48. The maximum absolute atomic E-state index is 12.0. The largest absolute Gasteiger partial charge is 0.462 e. The third-order valence-electron chi connectivity index (χ3n) is 2.96. The van der Waals surface area contributed by atoms with Crippen LogP contribution < -0.4 is 10.5 Å². The number of carbonyl (C=O) groups excluding carboxylic acids is 1. The van der Waals surface area contributed by atoms with E-state index in [0.29, 0.717) is 32.1 Å². The van der Waals surface area contributed by atoms with Gasteiger partial charge in [-0.15, -0.1) is 0 Å². The number of nitrogens with zero attached hydrogens (tertiary/aromatic N) is 2. The van der Waals surface area contributed by atoms with E-state index in [0.717, 1.165) is 0 Å². The molecule has 0 bridgehead atoms. The molecule has 1 aromatic rings. The molecule has 1 fully saturated rings. The Hall–Kier alpha value is -2.33. The number of anilines is 1. The number of nitriles is 1. The number of aromatic amines is 1. The number of aromatic nitrogens is 1. The van der Waals surface area contributed by atoms with E-state index >= 15 is 0 Å². The van der Waals surface area contributed by atoms with E-state index in [1.807, 2.05) is 4.90 Å². The summed E-state index contributed by atoms with van der Waals surface area (Å²) in [5.74, 6) is -0.169. The standard InChI is InChI=1S/C13H15N3O4/c1-2-20-13(18)10-7-9(8-14)12(17)15-11(10)16-3-5-19-6-4-16/h7H,2-6H2,1H3,(H,15,17). The Balaban J connectivity index is 2.47. The minimum atomic E-state index is -0.554. The lowest BCUT2D eigenvalue weighted by Gasteiger charge is -2.29. The van der Waals surface area contributed by atoms with Gasteiger partial charge in [-0.05, 0) is 13.0 Å². The van der Waals surface area contributed by atoms with Crippen LogP contribution in [0.5, 0.6) is 0 Å². The number of carbonyl (C=O) groups is 1. The SMILES string of the molecule is CCOC(=O)c1cc(C#N)c(=O)[nH]c1N1CCOCC1. The molecule has 0 amide bonds. The Labute approximate surface area is 115 Å². The van der Waals surface area contributed by atoms with Crippen molar-refractivity contribution in [3.05, 3.63) is 27.5 Å². The molecule has 106 valence electrons. The van der Waals surface area contributed by atoms with Crippen molar-refractivity contribution in [1.29, 1.82) is 5.26 Å². The van der Waals surface area contributed by atoms with Crippen LogP contribution >= 0.6 is 0 Å². The van der Waals surface area contributed by atoms with Crippen LogP contribution in [0.3, 0.4) is 0 Å². The fraction of sp³-hybridized carbons (Fsp3) is 0.462. The molecule has 0 aliphatic carbocycles. The summed E-state index contributed by atoms with van der Waals surface area (Å²) in [6, 6.07) is 3.05. The molecule has 0 spiro atoms. The van der Waals surface area contributed by atoms with Crippen LogP contribution in [0.2, 0.25) is 0 Å². The van der Waals surface area contributed by atoms with E-state index in [1.165, 1.54) is 6.07 Å². The van der Waals surface area contributed by atoms with Gasteiger partial charge in [0.25, 0.3) is 5.56 Å². The number of nitrogens with one attached hydrogen (secondary N) is 1. The zero-order chi connectivity index (χ0) is 14.5. The van der Waals surface area contributed by atoms with Gasteiger partial charge in [0.1, 0.15) is 23.0 Å². The van der Waals surface area contributed by atoms with Crippen molar-refractivity contribution in [2.45, 2.75) is 6.92 Å². The van der Waals surface area contributed by atoms with Crippen LogP contribution in [-0.4, -0.2) is 43.9 Å². The van der Waals surface area contributed by atoms with E-state index in [1.54, 1.807) is 13.0 Å². The Morgan fingerprint density at radius 2 is 2.25 bits per heavy atom. The summed E-state index contributed by atoms with van der Waals surface area (Å²) < 4.78 is 10.2. The lowest BCUT2D eigenvalue weighted by atomic mass is 10.1. The second-order valence-electron chi connectivity index (χ2n) is 4.21. The van der Waals surface area contributed by atoms with Gasteiger partial charge >= 0.3 is 5.97 Å². The molecule has 0 saturated carbocycles. The first-order valence-corrected chi connectivity index (χ1v) is 6.34. The minimum Gasteiger partial charge on any atom is -0.462 e. The molecule has 1 aromatic heterocycles. The number of ether oxygens (including phenoxy) is 2. The summed E-state index contributed by atoms with van der Waals surface area (Å²) in [5.41, 5.74) is -0.419. The first-order valence-electron chi connectivity index (χ1n) is 6.34. The normalized spacial score (nSPS) is 14.7. The van der Waals surface area contributed by atoms with E-state index in [-0.39, 0.29) is 17.7 Å². The third-order valence-corrected chi connectivity index (χ3v) is 2.96. The first kappa shape index (κ1) is 14.1. The van der Waals surface area contributed by atoms with Crippen molar-refractivity contribution in [2.75, 3.05) is 37.8 Å². The molecule has 20 heavy (non-hydrogen) atoms. The lowest BCUT2D eigenvalue weighted by molar-refractivity contribution is 0.0525. The highest BCUT2D eigenvalue weighted by Crippen LogP contribution is 2.19. The Morgan fingerprint density at radius 3 is 2.85 bits per heavy atom. The molecular weight excluding hydrogens is 262 g/mol. The Kier molecular flexibility index (Phi) is 4.38. The van der Waals surface area contributed by atoms with Gasteiger partial charge in [0.2, 0.25) is 0 Å². The number of hydrogen-bond donors (Lipinski definition) is 1. The number of H-pyrrole nitrogens is 1. The van der Waals surface area contributed by atoms with E-state index in [2.05, 4.69) is 4.98 Å². The second-order valence-corrected chi connectivity index (χ2v) is 4.21. The Morgan fingerprint density at radius 1 is 1.55 bits per heavy atom. The first-order chi connectivity index (χ1) is 9.67. The molecule has 0 unspecified atom stereocenters. The molecule has 1 N–H and O–H groups in total. The monoisotopic (exact) mass is 277 g/mol. The molecule has 7 heteroatoms. The summed E-state index contributed by atoms with van der Waals surface area (Å²) in [6.45, 7) is 4.09. The highest BCUT2D eigenvalue weighted by molar-refractivity contribution is 5.95. The van der Waals surface area contributed by atoms with Gasteiger partial charge in [0, 0.05) is 13.1 Å². The summed E-state index contributed by atoms with van der Waals surface area (Å²) >= 11 is 0. The maximum atomic E-state index is 12.0. The van der Waals surface area contributed by atoms with Gasteiger partial charge in [-0.25, -0.2) is 4.79 Å². The van der Waals surface area contributed by atoms with Crippen molar-refractivity contribution in [1.82, 2.24) is 4.98 Å². The zero-order valence-corrected chi connectivity index (χ0v) is 11.1. The summed E-state index contributed by atoms with van der Waals surface area (Å²) in [6.07, 6.45) is 0. The van der Waals surface area contributed by atoms with Gasteiger partial charge < -0.3 is 19.4 Å². The van der Waals surface area contributed by atoms with Crippen molar-refractivity contribution in [3.63, 3.8) is 0 Å². The average molecular weight is 277 g/mol. The van der Waals surface area contributed by atoms with Crippen molar-refractivity contribution in [3.8, 4) is 6.07 Å². The molecule has 2 rings (SSSR count). The number of hydrogen-bond acceptors (Lipinski definition) is 6. The molecule has 0 radical (unpaired) electrons. The second kappa shape index (κ2) is 6.21.